The molecule has 0 aromatic carbocycles. The molecule has 0 aromatic rings. The van der Waals surface area contributed by atoms with Gasteiger partial charge < -0.3 is 4.74 Å². The molecule has 0 N–H and O–H groups in total. The van der Waals surface area contributed by atoms with Crippen LogP contribution < -0.4 is 0 Å². The lowest BCUT2D eigenvalue weighted by Crippen LogP contribution is -2.28. The van der Waals surface area contributed by atoms with Crippen LogP contribution in [0.3, 0.4) is 0 Å². The lowest BCUT2D eigenvalue weighted by Gasteiger charge is -2.12. The molecule has 0 saturated carbocycles. The van der Waals surface area contributed by atoms with Crippen molar-refractivity contribution < 1.29 is 14.4 Å². The van der Waals surface area contributed by atoms with E-state index in [1.165, 1.54) is 12.2 Å². The van der Waals surface area contributed by atoms with Gasteiger partial charge in [0.25, 0.3) is 5.91 Å². The summed E-state index contributed by atoms with van der Waals surface area (Å²) in [5.41, 5.74) is 0. The Morgan fingerprint density at radius 3 is 2.83 bits per heavy atom. The number of hydrogen-bond acceptors (Lipinski definition) is 3. The van der Waals surface area contributed by atoms with Crippen LogP contribution in [0.15, 0.2) is 0 Å². The van der Waals surface area contributed by atoms with E-state index in [1.807, 2.05) is 6.92 Å². The maximum Gasteiger partial charge on any atom is 0.255 e. The van der Waals surface area contributed by atoms with Gasteiger partial charge in [-0.3, -0.25) is 9.63 Å². The second kappa shape index (κ2) is 4.20. The van der Waals surface area contributed by atoms with Gasteiger partial charge in [-0.25, -0.2) is 0 Å². The second-order valence-corrected chi connectivity index (χ2v) is 3.35. The number of rotatable bonds is 3. The SMILES string of the molecule is COCN1O[C@H](C)[C@@H](CBr)C1=O. The maximum absolute atomic E-state index is 11.4. The maximum atomic E-state index is 11.4. The summed E-state index contributed by atoms with van der Waals surface area (Å²) in [6, 6.07) is 0. The van der Waals surface area contributed by atoms with Crippen LogP contribution in [0.5, 0.6) is 0 Å². The molecule has 0 radical (unpaired) electrons. The summed E-state index contributed by atoms with van der Waals surface area (Å²) in [5, 5.41) is 1.89. The Morgan fingerprint density at radius 1 is 1.75 bits per heavy atom. The molecule has 4 nitrogen and oxygen atoms in total. The van der Waals surface area contributed by atoms with Gasteiger partial charge in [-0.15, -0.1) is 0 Å². The normalized spacial score (nSPS) is 29.9. The largest absolute Gasteiger partial charge is 0.362 e. The zero-order valence-corrected chi connectivity index (χ0v) is 8.70. The fourth-order valence-electron chi connectivity index (χ4n) is 1.11. The number of carbonyl (C=O) groups is 1. The lowest BCUT2D eigenvalue weighted by molar-refractivity contribution is -0.195. The van der Waals surface area contributed by atoms with Crippen LogP contribution in [0.25, 0.3) is 0 Å². The number of amides is 1. The molecule has 0 aliphatic carbocycles. The van der Waals surface area contributed by atoms with Crippen molar-refractivity contribution in [3.8, 4) is 0 Å². The minimum Gasteiger partial charge on any atom is -0.362 e. The van der Waals surface area contributed by atoms with E-state index >= 15 is 0 Å². The number of nitrogens with zero attached hydrogens (tertiary/aromatic N) is 1. The Kier molecular flexibility index (Phi) is 3.49. The van der Waals surface area contributed by atoms with E-state index in [2.05, 4.69) is 15.9 Å². The number of hydrogen-bond donors (Lipinski definition) is 0. The standard InChI is InChI=1S/C7H12BrNO3/c1-5-6(3-8)7(10)9(12-5)4-11-2/h5-6H,3-4H2,1-2H3/t5-,6-/m1/s1. The molecule has 1 saturated heterocycles. The molecule has 70 valence electrons. The first-order valence-electron chi connectivity index (χ1n) is 3.73. The first kappa shape index (κ1) is 9.95. The quantitative estimate of drug-likeness (QED) is 0.681. The summed E-state index contributed by atoms with van der Waals surface area (Å²) < 4.78 is 4.80. The van der Waals surface area contributed by atoms with Crippen molar-refractivity contribution in [2.24, 2.45) is 5.92 Å². The van der Waals surface area contributed by atoms with Gasteiger partial charge in [0.2, 0.25) is 0 Å². The molecule has 0 aromatic heterocycles. The monoisotopic (exact) mass is 237 g/mol. The molecule has 1 aliphatic rings. The van der Waals surface area contributed by atoms with Gasteiger partial charge in [0.15, 0.2) is 0 Å². The lowest BCUT2D eigenvalue weighted by atomic mass is 10.1. The number of ether oxygens (including phenoxy) is 1. The van der Waals surface area contributed by atoms with E-state index in [0.717, 1.165) is 0 Å². The Bertz CT molecular complexity index is 176. The Hall–Kier alpha value is -0.130. The molecule has 1 heterocycles. The van der Waals surface area contributed by atoms with Gasteiger partial charge in [-0.2, -0.15) is 5.06 Å². The van der Waals surface area contributed by atoms with E-state index in [1.54, 1.807) is 0 Å². The Morgan fingerprint density at radius 2 is 2.42 bits per heavy atom. The van der Waals surface area contributed by atoms with Gasteiger partial charge in [-0.1, -0.05) is 15.9 Å². The molecule has 1 fully saturated rings. The van der Waals surface area contributed by atoms with E-state index in [-0.39, 0.29) is 24.7 Å². The third-order valence-corrected chi connectivity index (χ3v) is 2.53. The topological polar surface area (TPSA) is 38.8 Å². The number of methoxy groups -OCH3 is 1. The summed E-state index contributed by atoms with van der Waals surface area (Å²) in [7, 11) is 1.53. The van der Waals surface area contributed by atoms with Crippen LogP contribution >= 0.6 is 15.9 Å². The fraction of sp³-hybridized carbons (Fsp3) is 0.857. The molecule has 0 spiro atoms. The van der Waals surface area contributed by atoms with Crippen LogP contribution in [0, 0.1) is 5.92 Å². The summed E-state index contributed by atoms with van der Waals surface area (Å²) in [5.74, 6) is -0.0959. The highest BCUT2D eigenvalue weighted by Gasteiger charge is 2.38. The molecule has 0 bridgehead atoms. The molecular formula is C7H12BrNO3. The van der Waals surface area contributed by atoms with Gasteiger partial charge in [0.1, 0.15) is 6.73 Å². The smallest absolute Gasteiger partial charge is 0.255 e. The highest BCUT2D eigenvalue weighted by atomic mass is 79.9. The van der Waals surface area contributed by atoms with Crippen molar-refractivity contribution in [3.05, 3.63) is 0 Å². The van der Waals surface area contributed by atoms with Gasteiger partial charge in [0.05, 0.1) is 12.0 Å². The zero-order valence-electron chi connectivity index (χ0n) is 7.12. The molecule has 0 unspecified atom stereocenters. The summed E-state index contributed by atoms with van der Waals surface area (Å²) >= 11 is 3.27. The van der Waals surface area contributed by atoms with Gasteiger partial charge in [-0.05, 0) is 6.92 Å². The third kappa shape index (κ3) is 1.78. The summed E-state index contributed by atoms with van der Waals surface area (Å²) in [6.45, 7) is 2.08. The molecule has 1 amide bonds. The van der Waals surface area contributed by atoms with Crippen molar-refractivity contribution in [2.75, 3.05) is 19.2 Å². The van der Waals surface area contributed by atoms with Crippen molar-refractivity contribution in [2.45, 2.75) is 13.0 Å². The first-order valence-corrected chi connectivity index (χ1v) is 4.86. The van der Waals surface area contributed by atoms with E-state index in [9.17, 15) is 4.79 Å². The summed E-state index contributed by atoms with van der Waals surface area (Å²) in [6.07, 6.45) is -0.0629. The number of halogens is 1. The molecule has 12 heavy (non-hydrogen) atoms. The average Bonchev–Trinajstić information content (AvgIpc) is 2.29. The molecular weight excluding hydrogens is 226 g/mol. The first-order chi connectivity index (χ1) is 5.70. The van der Waals surface area contributed by atoms with Crippen LogP contribution in [-0.4, -0.2) is 36.2 Å². The predicted molar refractivity (Wildman–Crippen MR) is 46.6 cm³/mol. The Labute approximate surface area is 79.9 Å². The highest BCUT2D eigenvalue weighted by molar-refractivity contribution is 9.09. The van der Waals surface area contributed by atoms with Crippen molar-refractivity contribution in [1.29, 1.82) is 0 Å². The van der Waals surface area contributed by atoms with Crippen molar-refractivity contribution in [1.82, 2.24) is 5.06 Å². The van der Waals surface area contributed by atoms with Gasteiger partial charge >= 0.3 is 0 Å². The Balaban J connectivity index is 2.56. The highest BCUT2D eigenvalue weighted by Crippen LogP contribution is 2.22. The molecule has 1 aliphatic heterocycles. The predicted octanol–water partition coefficient (Wildman–Crippen LogP) is 0.764. The van der Waals surface area contributed by atoms with E-state index in [0.29, 0.717) is 5.33 Å². The van der Waals surface area contributed by atoms with Crippen LogP contribution in [0.1, 0.15) is 6.92 Å². The van der Waals surface area contributed by atoms with Crippen LogP contribution in [0.2, 0.25) is 0 Å². The number of carbonyl (C=O) groups excluding carboxylic acids is 1. The summed E-state index contributed by atoms with van der Waals surface area (Å²) in [4.78, 5) is 16.7. The number of hydroxylamine groups is 2. The molecule has 5 heteroatoms. The minimum atomic E-state index is -0.0832. The third-order valence-electron chi connectivity index (χ3n) is 1.84. The van der Waals surface area contributed by atoms with Crippen LogP contribution in [0.4, 0.5) is 0 Å². The van der Waals surface area contributed by atoms with Gasteiger partial charge in [0, 0.05) is 12.4 Å². The minimum absolute atomic E-state index is 0.0128. The van der Waals surface area contributed by atoms with E-state index < -0.39 is 0 Å². The van der Waals surface area contributed by atoms with Crippen LogP contribution in [-0.2, 0) is 14.4 Å². The fourth-order valence-corrected chi connectivity index (χ4v) is 1.92. The average molecular weight is 238 g/mol. The molecule has 2 atom stereocenters. The molecule has 1 rings (SSSR count). The van der Waals surface area contributed by atoms with Crippen molar-refractivity contribution in [3.63, 3.8) is 0 Å². The second-order valence-electron chi connectivity index (χ2n) is 2.71. The zero-order chi connectivity index (χ0) is 9.14. The van der Waals surface area contributed by atoms with Crippen molar-refractivity contribution >= 4 is 21.8 Å². The number of alkyl halides is 1. The van der Waals surface area contributed by atoms with E-state index in [4.69, 9.17) is 9.57 Å².